The fourth-order valence-electron chi connectivity index (χ4n) is 2.68. The van der Waals surface area contributed by atoms with E-state index >= 15 is 0 Å². The maximum absolute atomic E-state index is 13.1. The summed E-state index contributed by atoms with van der Waals surface area (Å²) in [4.78, 5) is 12.2. The van der Waals surface area contributed by atoms with Crippen LogP contribution in [0.5, 0.6) is 0 Å². The normalized spacial score (nSPS) is 12.2. The van der Waals surface area contributed by atoms with E-state index in [1.54, 1.807) is 24.3 Å². The maximum atomic E-state index is 13.1. The Morgan fingerprint density at radius 2 is 1.88 bits per heavy atom. The van der Waals surface area contributed by atoms with Crippen LogP contribution in [0.25, 0.3) is 0 Å². The number of nitrogens with two attached hydrogens (primary N) is 1. The van der Waals surface area contributed by atoms with E-state index in [4.69, 9.17) is 11.6 Å². The number of hydrogen-bond acceptors (Lipinski definition) is 1. The molecule has 0 aliphatic carbocycles. The van der Waals surface area contributed by atoms with Crippen LogP contribution in [0.2, 0.25) is 5.02 Å². The molecule has 0 radical (unpaired) electrons. The van der Waals surface area contributed by atoms with Gasteiger partial charge in [-0.3, -0.25) is 4.79 Å². The average Bonchev–Trinajstić information content (AvgIpc) is 2.52. The fraction of sp³-hybridized carbons (Fsp3) is 0.316. The lowest BCUT2D eigenvalue weighted by atomic mass is 9.96. The minimum atomic E-state index is -0.253. The van der Waals surface area contributed by atoms with Gasteiger partial charge in [-0.05, 0) is 42.8 Å². The van der Waals surface area contributed by atoms with Gasteiger partial charge in [0.1, 0.15) is 11.9 Å². The Morgan fingerprint density at radius 1 is 1.21 bits per heavy atom. The van der Waals surface area contributed by atoms with E-state index < -0.39 is 0 Å². The summed E-state index contributed by atoms with van der Waals surface area (Å²) in [5, 5.41) is 5.53. The molecule has 1 amide bonds. The average molecular weight is 350 g/mol. The molecule has 0 bridgehead atoms. The van der Waals surface area contributed by atoms with E-state index in [2.05, 4.69) is 19.2 Å². The Kier molecular flexibility index (Phi) is 6.35. The van der Waals surface area contributed by atoms with Gasteiger partial charge in [-0.25, -0.2) is 4.39 Å². The van der Waals surface area contributed by atoms with Crippen LogP contribution in [-0.4, -0.2) is 12.5 Å². The van der Waals surface area contributed by atoms with Crippen molar-refractivity contribution < 1.29 is 14.5 Å². The second-order valence-corrected chi connectivity index (χ2v) is 6.71. The number of carbonyl (C=O) groups is 1. The van der Waals surface area contributed by atoms with Gasteiger partial charge in [0.2, 0.25) is 0 Å². The summed E-state index contributed by atoms with van der Waals surface area (Å²) in [7, 11) is 0. The number of quaternary nitrogens is 1. The van der Waals surface area contributed by atoms with Gasteiger partial charge in [-0.1, -0.05) is 37.6 Å². The van der Waals surface area contributed by atoms with Crippen molar-refractivity contribution in [1.29, 1.82) is 0 Å². The third-order valence-electron chi connectivity index (χ3n) is 3.99. The van der Waals surface area contributed by atoms with Crippen molar-refractivity contribution in [2.75, 3.05) is 11.9 Å². The predicted octanol–water partition coefficient (Wildman–Crippen LogP) is 3.69. The molecule has 2 rings (SSSR count). The molecule has 2 aromatic rings. The van der Waals surface area contributed by atoms with E-state index in [1.807, 2.05) is 18.3 Å². The summed E-state index contributed by atoms with van der Waals surface area (Å²) >= 11 is 5.92. The molecule has 0 aliphatic rings. The largest absolute Gasteiger partial charge is 0.332 e. The molecule has 24 heavy (non-hydrogen) atoms. The quantitative estimate of drug-likeness (QED) is 0.821. The molecule has 0 saturated heterocycles. The van der Waals surface area contributed by atoms with Gasteiger partial charge in [-0.15, -0.1) is 0 Å². The zero-order valence-electron chi connectivity index (χ0n) is 14.1. The van der Waals surface area contributed by atoms with Crippen LogP contribution < -0.4 is 10.6 Å². The molecule has 3 N–H and O–H groups in total. The number of halogens is 2. The van der Waals surface area contributed by atoms with E-state index in [-0.39, 0.29) is 17.8 Å². The third-order valence-corrected chi connectivity index (χ3v) is 4.23. The van der Waals surface area contributed by atoms with E-state index in [1.165, 1.54) is 12.1 Å². The second kappa shape index (κ2) is 8.27. The first-order valence-electron chi connectivity index (χ1n) is 8.01. The summed E-state index contributed by atoms with van der Waals surface area (Å²) in [5.74, 6) is -0.00840. The van der Waals surface area contributed by atoms with Crippen molar-refractivity contribution >= 4 is 23.2 Å². The van der Waals surface area contributed by atoms with Gasteiger partial charge in [0, 0.05) is 22.2 Å². The van der Waals surface area contributed by atoms with E-state index in [0.29, 0.717) is 17.5 Å². The predicted molar refractivity (Wildman–Crippen MR) is 95.6 cm³/mol. The molecule has 5 heteroatoms. The smallest absolute Gasteiger partial charge is 0.279 e. The van der Waals surface area contributed by atoms with Crippen LogP contribution in [0.1, 0.15) is 31.0 Å². The van der Waals surface area contributed by atoms with Gasteiger partial charge in [0.05, 0.1) is 0 Å². The molecule has 0 saturated carbocycles. The summed E-state index contributed by atoms with van der Waals surface area (Å²) < 4.78 is 13.1. The second-order valence-electron chi connectivity index (χ2n) is 6.27. The number of nitrogens with one attached hydrogen (secondary N) is 1. The molecule has 3 nitrogen and oxygen atoms in total. The topological polar surface area (TPSA) is 45.7 Å². The third kappa shape index (κ3) is 5.05. The van der Waals surface area contributed by atoms with Crippen molar-refractivity contribution in [3.05, 3.63) is 64.4 Å². The fourth-order valence-corrected chi connectivity index (χ4v) is 2.91. The van der Waals surface area contributed by atoms with E-state index in [0.717, 1.165) is 16.8 Å². The first-order chi connectivity index (χ1) is 11.4. The highest BCUT2D eigenvalue weighted by molar-refractivity contribution is 6.30. The lowest BCUT2D eigenvalue weighted by Gasteiger charge is -2.19. The zero-order valence-corrected chi connectivity index (χ0v) is 14.9. The molecule has 0 unspecified atom stereocenters. The Labute approximate surface area is 147 Å². The number of hydrogen-bond donors (Lipinski definition) is 2. The van der Waals surface area contributed by atoms with Gasteiger partial charge >= 0.3 is 0 Å². The lowest BCUT2D eigenvalue weighted by Crippen LogP contribution is -2.88. The summed E-state index contributed by atoms with van der Waals surface area (Å²) in [6.45, 7) is 6.38. The first kappa shape index (κ1) is 18.4. The Bertz CT molecular complexity index is 701. The number of amides is 1. The Hall–Kier alpha value is -1.91. The molecule has 0 spiro atoms. The highest BCUT2D eigenvalue weighted by Crippen LogP contribution is 2.20. The molecule has 0 heterocycles. The van der Waals surface area contributed by atoms with Gasteiger partial charge in [0.15, 0.2) is 6.54 Å². The highest BCUT2D eigenvalue weighted by Gasteiger charge is 2.20. The van der Waals surface area contributed by atoms with Gasteiger partial charge in [0.25, 0.3) is 5.91 Å². The molecule has 0 aromatic heterocycles. The van der Waals surface area contributed by atoms with Crippen molar-refractivity contribution in [2.45, 2.75) is 26.8 Å². The van der Waals surface area contributed by atoms with Crippen LogP contribution in [0.4, 0.5) is 10.1 Å². The van der Waals surface area contributed by atoms with Gasteiger partial charge in [-0.2, -0.15) is 0 Å². The summed E-state index contributed by atoms with van der Waals surface area (Å²) in [5.41, 5.74) is 2.71. The molecule has 0 fully saturated rings. The standard InChI is InChI=1S/C19H22ClFN2O/c1-12(2)19(14-4-7-16(21)8-5-14)22-11-18(24)23-17-9-6-15(20)10-13(17)3/h4-10,12,19,22H,11H2,1-3H3,(H,23,24)/p+1/t19-/m0/s1. The SMILES string of the molecule is Cc1cc(Cl)ccc1NC(=O)C[NH2+][C@H](c1ccc(F)cc1)C(C)C. The Morgan fingerprint density at radius 3 is 2.46 bits per heavy atom. The van der Waals surface area contributed by atoms with Crippen LogP contribution in [-0.2, 0) is 4.79 Å². The number of benzene rings is 2. The Balaban J connectivity index is 1.98. The highest BCUT2D eigenvalue weighted by atomic mass is 35.5. The van der Waals surface area contributed by atoms with Crippen molar-refractivity contribution in [3.8, 4) is 0 Å². The minimum absolute atomic E-state index is 0.0758. The molecule has 2 aromatic carbocycles. The number of aryl methyl sites for hydroxylation is 1. The lowest BCUT2D eigenvalue weighted by molar-refractivity contribution is -0.692. The van der Waals surface area contributed by atoms with Crippen LogP contribution >= 0.6 is 11.6 Å². The van der Waals surface area contributed by atoms with Crippen LogP contribution in [0, 0.1) is 18.7 Å². The summed E-state index contributed by atoms with van der Waals surface area (Å²) in [6, 6.07) is 11.9. The van der Waals surface area contributed by atoms with Crippen LogP contribution in [0.15, 0.2) is 42.5 Å². The number of anilines is 1. The van der Waals surface area contributed by atoms with Gasteiger partial charge < -0.3 is 10.6 Å². The molecular weight excluding hydrogens is 327 g/mol. The van der Waals surface area contributed by atoms with Crippen LogP contribution in [0.3, 0.4) is 0 Å². The molecular formula is C19H23ClFN2O+. The monoisotopic (exact) mass is 349 g/mol. The minimum Gasteiger partial charge on any atom is -0.332 e. The molecule has 128 valence electrons. The van der Waals surface area contributed by atoms with Crippen molar-refractivity contribution in [3.63, 3.8) is 0 Å². The van der Waals surface area contributed by atoms with Crippen molar-refractivity contribution in [1.82, 2.24) is 0 Å². The molecule has 0 aliphatic heterocycles. The van der Waals surface area contributed by atoms with Crippen molar-refractivity contribution in [2.24, 2.45) is 5.92 Å². The zero-order chi connectivity index (χ0) is 17.7. The first-order valence-corrected chi connectivity index (χ1v) is 8.39. The molecule has 1 atom stereocenters. The summed E-state index contributed by atoms with van der Waals surface area (Å²) in [6.07, 6.45) is 0. The number of rotatable bonds is 6. The van der Waals surface area contributed by atoms with E-state index in [9.17, 15) is 9.18 Å². The maximum Gasteiger partial charge on any atom is 0.279 e. The number of carbonyl (C=O) groups excluding carboxylic acids is 1.